The van der Waals surface area contributed by atoms with E-state index in [1.807, 2.05) is 18.2 Å². The lowest BCUT2D eigenvalue weighted by atomic mass is 10.1. The van der Waals surface area contributed by atoms with Crippen molar-refractivity contribution < 1.29 is 5.11 Å². The Kier molecular flexibility index (Phi) is 2.52. The standard InChI is InChI=1S/C8H12O/c9-8-6-4-2-1-3-5-7-8/h1-2,4,6,8-9H,3,5,7H2. The number of hydrogen-bond donors (Lipinski definition) is 1. The van der Waals surface area contributed by atoms with Crippen LogP contribution in [0, 0.1) is 0 Å². The molecule has 1 N–H and O–H groups in total. The lowest BCUT2D eigenvalue weighted by Gasteiger charge is -2.04. The van der Waals surface area contributed by atoms with Gasteiger partial charge >= 0.3 is 0 Å². The van der Waals surface area contributed by atoms with E-state index in [1.165, 1.54) is 0 Å². The predicted molar refractivity (Wildman–Crippen MR) is 38.1 cm³/mol. The van der Waals surface area contributed by atoms with Crippen LogP contribution in [0.15, 0.2) is 24.3 Å². The first kappa shape index (κ1) is 6.56. The fourth-order valence-corrected chi connectivity index (χ4v) is 0.908. The maximum Gasteiger partial charge on any atom is 0.0724 e. The normalized spacial score (nSPS) is 27.4. The van der Waals surface area contributed by atoms with Gasteiger partial charge in [0.1, 0.15) is 0 Å². The molecule has 0 radical (unpaired) electrons. The van der Waals surface area contributed by atoms with E-state index in [0.29, 0.717) is 0 Å². The summed E-state index contributed by atoms with van der Waals surface area (Å²) in [5, 5.41) is 9.09. The van der Waals surface area contributed by atoms with Crippen LogP contribution in [0.2, 0.25) is 0 Å². The molecule has 1 aliphatic carbocycles. The molecule has 0 fully saturated rings. The van der Waals surface area contributed by atoms with Gasteiger partial charge in [0.2, 0.25) is 0 Å². The highest BCUT2D eigenvalue weighted by molar-refractivity contribution is 5.06. The van der Waals surface area contributed by atoms with Crippen molar-refractivity contribution in [2.24, 2.45) is 0 Å². The van der Waals surface area contributed by atoms with Crippen LogP contribution in [0.4, 0.5) is 0 Å². The Hall–Kier alpha value is -0.560. The van der Waals surface area contributed by atoms with Crippen molar-refractivity contribution in [3.05, 3.63) is 24.3 Å². The molecule has 1 nitrogen and oxygen atoms in total. The van der Waals surface area contributed by atoms with Gasteiger partial charge in [-0.2, -0.15) is 0 Å². The molecule has 0 saturated heterocycles. The summed E-state index contributed by atoms with van der Waals surface area (Å²) in [5.74, 6) is 0. The van der Waals surface area contributed by atoms with Gasteiger partial charge in [0.25, 0.3) is 0 Å². The Bertz CT molecular complexity index is 125. The highest BCUT2D eigenvalue weighted by Gasteiger charge is 1.97. The molecule has 0 heterocycles. The Morgan fingerprint density at radius 1 is 1.33 bits per heavy atom. The van der Waals surface area contributed by atoms with Gasteiger partial charge in [0.05, 0.1) is 6.10 Å². The summed E-state index contributed by atoms with van der Waals surface area (Å²) in [7, 11) is 0. The second kappa shape index (κ2) is 3.46. The molecule has 0 saturated carbocycles. The number of aliphatic hydroxyl groups is 1. The second-order valence-electron chi connectivity index (χ2n) is 2.31. The van der Waals surface area contributed by atoms with Crippen LogP contribution in [0.3, 0.4) is 0 Å². The summed E-state index contributed by atoms with van der Waals surface area (Å²) in [6, 6.07) is 0. The molecule has 0 aromatic carbocycles. The fourth-order valence-electron chi connectivity index (χ4n) is 0.908. The summed E-state index contributed by atoms with van der Waals surface area (Å²) >= 11 is 0. The third kappa shape index (κ3) is 2.47. The van der Waals surface area contributed by atoms with E-state index in [4.69, 9.17) is 5.11 Å². The summed E-state index contributed by atoms with van der Waals surface area (Å²) in [4.78, 5) is 0. The van der Waals surface area contributed by atoms with Crippen LogP contribution in [0.1, 0.15) is 19.3 Å². The largest absolute Gasteiger partial charge is 0.389 e. The Balaban J connectivity index is 2.44. The third-order valence-corrected chi connectivity index (χ3v) is 1.45. The lowest BCUT2D eigenvalue weighted by Crippen LogP contribution is -2.01. The van der Waals surface area contributed by atoms with Crippen LogP contribution in [0.25, 0.3) is 0 Å². The maximum absolute atomic E-state index is 9.09. The quantitative estimate of drug-likeness (QED) is 0.520. The minimum Gasteiger partial charge on any atom is -0.389 e. The maximum atomic E-state index is 9.09. The smallest absolute Gasteiger partial charge is 0.0724 e. The fraction of sp³-hybridized carbons (Fsp3) is 0.500. The number of rotatable bonds is 0. The molecule has 0 amide bonds. The second-order valence-corrected chi connectivity index (χ2v) is 2.31. The SMILES string of the molecule is OC1C=CC=CCCC1. The Labute approximate surface area is 55.7 Å². The van der Waals surface area contributed by atoms with Gasteiger partial charge in [0.15, 0.2) is 0 Å². The number of aliphatic hydroxyl groups excluding tert-OH is 1. The molecule has 1 heteroatoms. The van der Waals surface area contributed by atoms with Crippen LogP contribution in [0.5, 0.6) is 0 Å². The first-order chi connectivity index (χ1) is 4.39. The molecule has 0 spiro atoms. The minimum atomic E-state index is -0.213. The zero-order valence-electron chi connectivity index (χ0n) is 5.46. The van der Waals surface area contributed by atoms with E-state index >= 15 is 0 Å². The molecule has 1 unspecified atom stereocenters. The van der Waals surface area contributed by atoms with E-state index in [-0.39, 0.29) is 6.10 Å². The molecule has 0 aromatic rings. The minimum absolute atomic E-state index is 0.213. The van der Waals surface area contributed by atoms with Gasteiger partial charge < -0.3 is 5.11 Å². The zero-order valence-corrected chi connectivity index (χ0v) is 5.46. The van der Waals surface area contributed by atoms with Gasteiger partial charge in [-0.3, -0.25) is 0 Å². The molecular weight excluding hydrogens is 112 g/mol. The van der Waals surface area contributed by atoms with Gasteiger partial charge in [-0.25, -0.2) is 0 Å². The van der Waals surface area contributed by atoms with Crippen LogP contribution < -0.4 is 0 Å². The monoisotopic (exact) mass is 124 g/mol. The molecule has 9 heavy (non-hydrogen) atoms. The summed E-state index contributed by atoms with van der Waals surface area (Å²) in [6.07, 6.45) is 10.7. The van der Waals surface area contributed by atoms with Gasteiger partial charge in [-0.05, 0) is 19.3 Å². The van der Waals surface area contributed by atoms with Crippen LogP contribution >= 0.6 is 0 Å². The zero-order chi connectivity index (χ0) is 6.53. The van der Waals surface area contributed by atoms with Crippen molar-refractivity contribution in [2.45, 2.75) is 25.4 Å². The van der Waals surface area contributed by atoms with Crippen molar-refractivity contribution in [3.63, 3.8) is 0 Å². The highest BCUT2D eigenvalue weighted by atomic mass is 16.3. The first-order valence-electron chi connectivity index (χ1n) is 3.41. The molecule has 1 atom stereocenters. The first-order valence-corrected chi connectivity index (χ1v) is 3.41. The van der Waals surface area contributed by atoms with E-state index < -0.39 is 0 Å². The predicted octanol–water partition coefficient (Wildman–Crippen LogP) is 1.64. The van der Waals surface area contributed by atoms with Crippen molar-refractivity contribution in [3.8, 4) is 0 Å². The average Bonchev–Trinajstić information content (AvgIpc) is 1.79. The van der Waals surface area contributed by atoms with Gasteiger partial charge in [0, 0.05) is 0 Å². The molecule has 1 aliphatic rings. The third-order valence-electron chi connectivity index (χ3n) is 1.45. The number of hydrogen-bond acceptors (Lipinski definition) is 1. The lowest BCUT2D eigenvalue weighted by molar-refractivity contribution is 0.209. The highest BCUT2D eigenvalue weighted by Crippen LogP contribution is 2.05. The van der Waals surface area contributed by atoms with E-state index in [2.05, 4.69) is 6.08 Å². The van der Waals surface area contributed by atoms with Crippen LogP contribution in [-0.4, -0.2) is 11.2 Å². The molecule has 0 bridgehead atoms. The topological polar surface area (TPSA) is 20.2 Å². The van der Waals surface area contributed by atoms with Crippen molar-refractivity contribution >= 4 is 0 Å². The molecule has 0 aliphatic heterocycles. The molecule has 50 valence electrons. The van der Waals surface area contributed by atoms with E-state index in [0.717, 1.165) is 19.3 Å². The van der Waals surface area contributed by atoms with Crippen molar-refractivity contribution in [2.75, 3.05) is 0 Å². The molecule has 0 aromatic heterocycles. The summed E-state index contributed by atoms with van der Waals surface area (Å²) in [6.45, 7) is 0. The summed E-state index contributed by atoms with van der Waals surface area (Å²) in [5.41, 5.74) is 0. The van der Waals surface area contributed by atoms with Crippen molar-refractivity contribution in [1.29, 1.82) is 0 Å². The van der Waals surface area contributed by atoms with E-state index in [9.17, 15) is 0 Å². The van der Waals surface area contributed by atoms with Crippen LogP contribution in [-0.2, 0) is 0 Å². The van der Waals surface area contributed by atoms with Crippen molar-refractivity contribution in [1.82, 2.24) is 0 Å². The Morgan fingerprint density at radius 3 is 3.11 bits per heavy atom. The molecular formula is C8H12O. The summed E-state index contributed by atoms with van der Waals surface area (Å²) < 4.78 is 0. The Morgan fingerprint density at radius 2 is 2.22 bits per heavy atom. The average molecular weight is 124 g/mol. The van der Waals surface area contributed by atoms with E-state index in [1.54, 1.807) is 0 Å². The van der Waals surface area contributed by atoms with Gasteiger partial charge in [-0.15, -0.1) is 0 Å². The van der Waals surface area contributed by atoms with Gasteiger partial charge in [-0.1, -0.05) is 24.3 Å². The molecule has 1 rings (SSSR count). The number of allylic oxidation sites excluding steroid dienone is 3.